The number of sulfonamides is 1. The van der Waals surface area contributed by atoms with Crippen LogP contribution in [0.3, 0.4) is 0 Å². The Kier molecular flexibility index (Phi) is 5.76. The molecule has 1 N–H and O–H groups in total. The summed E-state index contributed by atoms with van der Waals surface area (Å²) in [6.07, 6.45) is 7.82. The second-order valence-electron chi connectivity index (χ2n) is 10.6. The molecular weight excluding hydrogens is 432 g/mol. The van der Waals surface area contributed by atoms with Gasteiger partial charge in [-0.3, -0.25) is 9.10 Å². The number of hydrogen-bond acceptors (Lipinski definition) is 3. The van der Waals surface area contributed by atoms with E-state index in [0.717, 1.165) is 17.8 Å². The highest BCUT2D eigenvalue weighted by molar-refractivity contribution is 7.92. The van der Waals surface area contributed by atoms with Crippen molar-refractivity contribution >= 4 is 21.6 Å². The Labute approximate surface area is 197 Å². The number of hydrogen-bond donors (Lipinski definition) is 1. The van der Waals surface area contributed by atoms with Gasteiger partial charge in [-0.2, -0.15) is 0 Å². The van der Waals surface area contributed by atoms with Crippen LogP contribution < -0.4 is 9.62 Å². The standard InChI is InChI=1S/C27H34N2O3S/c1-3-29(24-7-5-4-6-8-24)33(31,32)25-14-23(10-9-19(25)2)26(30)28-18-27-15-20-11-21(16-27)13-22(12-20)17-27/h4-10,14,20-22H,3,11-13,15-18H2,1-2H3,(H,28,30). The van der Waals surface area contributed by atoms with Crippen LogP contribution in [0.4, 0.5) is 5.69 Å². The maximum atomic E-state index is 13.5. The van der Waals surface area contributed by atoms with Crippen molar-refractivity contribution in [3.63, 3.8) is 0 Å². The van der Waals surface area contributed by atoms with Gasteiger partial charge in [0.1, 0.15) is 0 Å². The van der Waals surface area contributed by atoms with Crippen LogP contribution in [0.5, 0.6) is 0 Å². The fourth-order valence-corrected chi connectivity index (χ4v) is 8.83. The van der Waals surface area contributed by atoms with Crippen molar-refractivity contribution in [1.29, 1.82) is 0 Å². The van der Waals surface area contributed by atoms with E-state index in [1.165, 1.54) is 42.8 Å². The predicted molar refractivity (Wildman–Crippen MR) is 131 cm³/mol. The lowest BCUT2D eigenvalue weighted by atomic mass is 9.49. The molecule has 176 valence electrons. The van der Waals surface area contributed by atoms with E-state index in [4.69, 9.17) is 0 Å². The number of carbonyl (C=O) groups excluding carboxylic acids is 1. The summed E-state index contributed by atoms with van der Waals surface area (Å²) in [4.78, 5) is 13.3. The summed E-state index contributed by atoms with van der Waals surface area (Å²) in [6, 6.07) is 14.1. The third kappa shape index (κ3) is 4.18. The largest absolute Gasteiger partial charge is 0.351 e. The van der Waals surface area contributed by atoms with Crippen LogP contribution in [0.2, 0.25) is 0 Å². The molecule has 4 aliphatic carbocycles. The molecule has 0 aromatic heterocycles. The second kappa shape index (κ2) is 8.46. The Bertz CT molecular complexity index is 1110. The molecule has 0 saturated heterocycles. The van der Waals surface area contributed by atoms with Gasteiger partial charge >= 0.3 is 0 Å². The van der Waals surface area contributed by atoms with Gasteiger partial charge in [0.15, 0.2) is 0 Å². The summed E-state index contributed by atoms with van der Waals surface area (Å²) in [6.45, 7) is 4.62. The van der Waals surface area contributed by atoms with Gasteiger partial charge in [0.2, 0.25) is 0 Å². The molecule has 0 aliphatic heterocycles. The third-order valence-corrected chi connectivity index (χ3v) is 10.2. The topological polar surface area (TPSA) is 66.5 Å². The SMILES string of the molecule is CCN(c1ccccc1)S(=O)(=O)c1cc(C(=O)NCC23CC4CC(CC(C4)C2)C3)ccc1C. The van der Waals surface area contributed by atoms with Gasteiger partial charge in [-0.15, -0.1) is 0 Å². The highest BCUT2D eigenvalue weighted by Gasteiger charge is 2.50. The number of amides is 1. The van der Waals surface area contributed by atoms with E-state index >= 15 is 0 Å². The Balaban J connectivity index is 1.35. The maximum Gasteiger partial charge on any atom is 0.264 e. The molecule has 5 nitrogen and oxygen atoms in total. The minimum Gasteiger partial charge on any atom is -0.351 e. The number of anilines is 1. The molecule has 0 heterocycles. The van der Waals surface area contributed by atoms with Gasteiger partial charge in [0, 0.05) is 18.7 Å². The molecule has 2 aromatic rings. The molecule has 0 spiro atoms. The number of carbonyl (C=O) groups is 1. The molecule has 4 aliphatic rings. The maximum absolute atomic E-state index is 13.5. The van der Waals surface area contributed by atoms with Crippen molar-refractivity contribution in [2.24, 2.45) is 23.2 Å². The van der Waals surface area contributed by atoms with Crippen LogP contribution in [0.15, 0.2) is 53.4 Å². The van der Waals surface area contributed by atoms with E-state index < -0.39 is 10.0 Å². The van der Waals surface area contributed by atoms with Crippen molar-refractivity contribution < 1.29 is 13.2 Å². The van der Waals surface area contributed by atoms with Crippen molar-refractivity contribution in [2.75, 3.05) is 17.4 Å². The van der Waals surface area contributed by atoms with Crippen LogP contribution in [0.1, 0.15) is 61.4 Å². The lowest BCUT2D eigenvalue weighted by Gasteiger charge is -2.56. The molecule has 2 aromatic carbocycles. The van der Waals surface area contributed by atoms with Crippen LogP contribution in [-0.4, -0.2) is 27.4 Å². The molecule has 1 amide bonds. The number of benzene rings is 2. The Morgan fingerprint density at radius 3 is 2.18 bits per heavy atom. The monoisotopic (exact) mass is 466 g/mol. The fraction of sp³-hybridized carbons (Fsp3) is 0.519. The van der Waals surface area contributed by atoms with Crippen molar-refractivity contribution in [3.05, 3.63) is 59.7 Å². The Morgan fingerprint density at radius 1 is 1.00 bits per heavy atom. The molecule has 4 saturated carbocycles. The predicted octanol–water partition coefficient (Wildman–Crippen LogP) is 5.16. The van der Waals surface area contributed by atoms with Gasteiger partial charge in [-0.25, -0.2) is 8.42 Å². The average molecular weight is 467 g/mol. The fourth-order valence-electron chi connectivity index (χ4n) is 7.10. The summed E-state index contributed by atoms with van der Waals surface area (Å²) in [7, 11) is -3.79. The van der Waals surface area contributed by atoms with Crippen molar-refractivity contribution in [1.82, 2.24) is 5.32 Å². The molecule has 6 rings (SSSR count). The number of nitrogens with one attached hydrogen (secondary N) is 1. The Hall–Kier alpha value is -2.34. The van der Waals surface area contributed by atoms with Crippen molar-refractivity contribution in [3.8, 4) is 0 Å². The summed E-state index contributed by atoms with van der Waals surface area (Å²) in [5, 5.41) is 3.18. The zero-order valence-corrected chi connectivity index (χ0v) is 20.4. The molecule has 0 unspecified atom stereocenters. The van der Waals surface area contributed by atoms with Crippen LogP contribution >= 0.6 is 0 Å². The van der Waals surface area contributed by atoms with Gasteiger partial charge in [0.05, 0.1) is 10.6 Å². The van der Waals surface area contributed by atoms with Gasteiger partial charge in [-0.1, -0.05) is 24.3 Å². The minimum absolute atomic E-state index is 0.176. The number of nitrogens with zero attached hydrogens (tertiary/aromatic N) is 1. The molecule has 0 radical (unpaired) electrons. The molecule has 4 fully saturated rings. The quantitative estimate of drug-likeness (QED) is 0.613. The molecular formula is C27H34N2O3S. The molecule has 4 bridgehead atoms. The summed E-state index contributed by atoms with van der Waals surface area (Å²) in [5.74, 6) is 2.33. The minimum atomic E-state index is -3.79. The normalized spacial score (nSPS) is 28.0. The molecule has 0 atom stereocenters. The van der Waals surface area contributed by atoms with Crippen LogP contribution in [0, 0.1) is 30.1 Å². The van der Waals surface area contributed by atoms with Crippen molar-refractivity contribution in [2.45, 2.75) is 57.3 Å². The van der Waals surface area contributed by atoms with E-state index in [2.05, 4.69) is 5.32 Å². The molecule has 33 heavy (non-hydrogen) atoms. The Morgan fingerprint density at radius 2 is 1.61 bits per heavy atom. The van der Waals surface area contributed by atoms with Gasteiger partial charge in [0.25, 0.3) is 15.9 Å². The first-order chi connectivity index (χ1) is 15.8. The highest BCUT2D eigenvalue weighted by Crippen LogP contribution is 2.59. The van der Waals surface area contributed by atoms with Gasteiger partial charge in [-0.05, 0) is 105 Å². The first-order valence-electron chi connectivity index (χ1n) is 12.3. The summed E-state index contributed by atoms with van der Waals surface area (Å²) >= 11 is 0. The zero-order valence-electron chi connectivity index (χ0n) is 19.6. The van der Waals surface area contributed by atoms with E-state index in [1.807, 2.05) is 25.1 Å². The number of rotatable bonds is 7. The average Bonchev–Trinajstić information content (AvgIpc) is 2.78. The first-order valence-corrected chi connectivity index (χ1v) is 13.7. The number of para-hydroxylation sites is 1. The van der Waals surface area contributed by atoms with E-state index in [9.17, 15) is 13.2 Å². The van der Waals surface area contributed by atoms with Crippen LogP contribution in [-0.2, 0) is 10.0 Å². The lowest BCUT2D eigenvalue weighted by molar-refractivity contribution is -0.0503. The summed E-state index contributed by atoms with van der Waals surface area (Å²) in [5.41, 5.74) is 1.92. The molecule has 6 heteroatoms. The van der Waals surface area contributed by atoms with E-state index in [-0.39, 0.29) is 16.2 Å². The smallest absolute Gasteiger partial charge is 0.264 e. The van der Waals surface area contributed by atoms with E-state index in [0.29, 0.717) is 29.9 Å². The zero-order chi connectivity index (χ0) is 23.2. The van der Waals surface area contributed by atoms with E-state index in [1.54, 1.807) is 37.3 Å². The van der Waals surface area contributed by atoms with Gasteiger partial charge < -0.3 is 5.32 Å². The highest BCUT2D eigenvalue weighted by atomic mass is 32.2. The third-order valence-electron chi connectivity index (χ3n) is 8.14. The first kappa shape index (κ1) is 22.5. The summed E-state index contributed by atoms with van der Waals surface area (Å²) < 4.78 is 28.5. The number of aryl methyl sites for hydroxylation is 1. The second-order valence-corrected chi connectivity index (χ2v) is 12.4. The lowest BCUT2D eigenvalue weighted by Crippen LogP contribution is -2.51. The van der Waals surface area contributed by atoms with Crippen LogP contribution in [0.25, 0.3) is 0 Å².